The Kier molecular flexibility index (Phi) is 6.65. The van der Waals surface area contributed by atoms with E-state index in [1.165, 1.54) is 27.7 Å². The summed E-state index contributed by atoms with van der Waals surface area (Å²) in [5.74, 6) is 0.516. The molecule has 3 aromatic carbocycles. The molecular formula is C33H34N2O. The Bertz CT molecular complexity index is 1440. The number of rotatable bonds is 8. The van der Waals surface area contributed by atoms with Gasteiger partial charge in [-0.25, -0.2) is 0 Å². The first-order chi connectivity index (χ1) is 17.5. The van der Waals surface area contributed by atoms with E-state index in [1.807, 2.05) is 49.4 Å². The van der Waals surface area contributed by atoms with E-state index in [0.29, 0.717) is 5.92 Å². The lowest BCUT2D eigenvalue weighted by Crippen LogP contribution is -2.22. The van der Waals surface area contributed by atoms with Crippen LogP contribution < -0.4 is 4.90 Å². The number of benzene rings is 3. The van der Waals surface area contributed by atoms with Crippen molar-refractivity contribution in [2.45, 2.75) is 39.2 Å². The number of nitrogens with zero attached hydrogens (tertiary/aromatic N) is 2. The number of hydrogen-bond acceptors (Lipinski definition) is 2. The molecular weight excluding hydrogens is 440 g/mol. The summed E-state index contributed by atoms with van der Waals surface area (Å²) in [6.45, 7) is 14.8. The van der Waals surface area contributed by atoms with Crippen LogP contribution in [0.15, 0.2) is 92.2 Å². The first kappa shape index (κ1) is 23.9. The van der Waals surface area contributed by atoms with Gasteiger partial charge in [0.25, 0.3) is 0 Å². The summed E-state index contributed by atoms with van der Waals surface area (Å²) in [5.41, 5.74) is 8.89. The molecule has 1 aliphatic rings. The highest BCUT2D eigenvalue weighted by atomic mass is 16.1. The Balaban J connectivity index is 1.50. The highest BCUT2D eigenvalue weighted by Crippen LogP contribution is 2.38. The fourth-order valence-corrected chi connectivity index (χ4v) is 5.62. The van der Waals surface area contributed by atoms with Crippen LogP contribution in [0.2, 0.25) is 0 Å². The van der Waals surface area contributed by atoms with E-state index in [1.54, 1.807) is 0 Å². The van der Waals surface area contributed by atoms with Crippen molar-refractivity contribution in [2.75, 3.05) is 18.0 Å². The number of hydrogen-bond donors (Lipinski definition) is 0. The van der Waals surface area contributed by atoms with Gasteiger partial charge in [0.15, 0.2) is 5.78 Å². The molecule has 1 atom stereocenters. The van der Waals surface area contributed by atoms with E-state index in [2.05, 4.69) is 66.1 Å². The minimum absolute atomic E-state index is 0.0766. The van der Waals surface area contributed by atoms with E-state index in [9.17, 15) is 4.79 Å². The van der Waals surface area contributed by atoms with Gasteiger partial charge >= 0.3 is 0 Å². The molecule has 0 aliphatic carbocycles. The Morgan fingerprint density at radius 3 is 2.53 bits per heavy atom. The van der Waals surface area contributed by atoms with Crippen molar-refractivity contribution in [1.82, 2.24) is 4.57 Å². The quantitative estimate of drug-likeness (QED) is 0.196. The van der Waals surface area contributed by atoms with Gasteiger partial charge in [0, 0.05) is 59.5 Å². The summed E-state index contributed by atoms with van der Waals surface area (Å²) in [5, 5.41) is 1.33. The number of carbonyl (C=O) groups excluding carboxylic acids is 1. The van der Waals surface area contributed by atoms with Gasteiger partial charge in [-0.15, -0.1) is 13.2 Å². The van der Waals surface area contributed by atoms with Crippen LogP contribution in [0.1, 0.15) is 50.5 Å². The van der Waals surface area contributed by atoms with Crippen LogP contribution in [-0.2, 0) is 13.0 Å². The summed E-state index contributed by atoms with van der Waals surface area (Å²) in [6.07, 6.45) is 8.11. The number of para-hydroxylation sites is 1. The van der Waals surface area contributed by atoms with Crippen molar-refractivity contribution in [1.29, 1.82) is 0 Å². The third-order valence-electron chi connectivity index (χ3n) is 7.49. The van der Waals surface area contributed by atoms with Crippen LogP contribution in [0.5, 0.6) is 0 Å². The predicted molar refractivity (Wildman–Crippen MR) is 151 cm³/mol. The highest BCUT2D eigenvalue weighted by Gasteiger charge is 2.29. The third-order valence-corrected chi connectivity index (χ3v) is 7.49. The molecule has 0 radical (unpaired) electrons. The second-order valence-electron chi connectivity index (χ2n) is 9.95. The van der Waals surface area contributed by atoms with E-state index >= 15 is 0 Å². The number of aryl methyl sites for hydroxylation is 2. The van der Waals surface area contributed by atoms with E-state index < -0.39 is 0 Å². The van der Waals surface area contributed by atoms with Gasteiger partial charge in [0.2, 0.25) is 0 Å². The molecule has 0 N–H and O–H groups in total. The number of fused-ring (bicyclic) bond motifs is 1. The van der Waals surface area contributed by atoms with Crippen LogP contribution in [0.4, 0.5) is 5.69 Å². The molecule has 182 valence electrons. The Morgan fingerprint density at radius 1 is 1.00 bits per heavy atom. The summed E-state index contributed by atoms with van der Waals surface area (Å²) < 4.78 is 2.30. The number of allylic oxidation sites excluding steroid dienone is 2. The maximum Gasteiger partial charge on any atom is 0.193 e. The summed E-state index contributed by atoms with van der Waals surface area (Å²) >= 11 is 0. The van der Waals surface area contributed by atoms with E-state index in [-0.39, 0.29) is 5.78 Å². The Morgan fingerprint density at radius 2 is 1.78 bits per heavy atom. The molecule has 3 heteroatoms. The van der Waals surface area contributed by atoms with Crippen molar-refractivity contribution in [3.05, 3.63) is 126 Å². The normalized spacial score (nSPS) is 15.4. The first-order valence-corrected chi connectivity index (χ1v) is 12.8. The zero-order valence-corrected chi connectivity index (χ0v) is 21.3. The van der Waals surface area contributed by atoms with Crippen LogP contribution in [0.25, 0.3) is 10.9 Å². The number of aromatic nitrogens is 1. The third kappa shape index (κ3) is 4.42. The zero-order chi connectivity index (χ0) is 25.2. The van der Waals surface area contributed by atoms with Gasteiger partial charge in [0.1, 0.15) is 0 Å². The molecule has 36 heavy (non-hydrogen) atoms. The van der Waals surface area contributed by atoms with Crippen LogP contribution >= 0.6 is 0 Å². The van der Waals surface area contributed by atoms with Gasteiger partial charge in [-0.2, -0.15) is 0 Å². The van der Waals surface area contributed by atoms with Gasteiger partial charge in [-0.05, 0) is 61.6 Å². The van der Waals surface area contributed by atoms with Gasteiger partial charge in [-0.1, -0.05) is 60.2 Å². The number of carbonyl (C=O) groups is 1. The largest absolute Gasteiger partial charge is 0.371 e. The molecule has 0 spiro atoms. The summed E-state index contributed by atoms with van der Waals surface area (Å²) in [4.78, 5) is 15.9. The van der Waals surface area contributed by atoms with Crippen LogP contribution in [0, 0.1) is 13.8 Å². The fourth-order valence-electron chi connectivity index (χ4n) is 5.62. The number of anilines is 1. The van der Waals surface area contributed by atoms with Crippen molar-refractivity contribution in [3.63, 3.8) is 0 Å². The molecule has 1 aliphatic heterocycles. The lowest BCUT2D eigenvalue weighted by molar-refractivity contribution is 0.103. The lowest BCUT2D eigenvalue weighted by atomic mass is 9.94. The highest BCUT2D eigenvalue weighted by molar-refractivity contribution is 6.09. The maximum atomic E-state index is 13.4. The molecule has 1 fully saturated rings. The second-order valence-corrected chi connectivity index (χ2v) is 9.95. The SMILES string of the molecule is C=CCc1c(C)cc(C(=O)c2ccc(C)cc2)cc1N1CCC(c2cn(CC=C)c3ccccc23)C1. The van der Waals surface area contributed by atoms with E-state index in [4.69, 9.17) is 0 Å². The second kappa shape index (κ2) is 10.0. The molecule has 1 unspecified atom stereocenters. The molecule has 4 aromatic rings. The fraction of sp³-hybridized carbons (Fsp3) is 0.242. The standard InChI is InChI=1S/C33H34N2O/c1-5-9-28-24(4)19-27(33(36)25-14-12-23(3)13-15-25)20-32(28)35-18-16-26(21-35)30-22-34(17-6-2)31-11-8-7-10-29(30)31/h5-8,10-15,19-20,22,26H,1-2,9,16-18,21H2,3-4H3. The van der Waals surface area contributed by atoms with Gasteiger partial charge in [0.05, 0.1) is 0 Å². The maximum absolute atomic E-state index is 13.4. The molecule has 1 aromatic heterocycles. The lowest BCUT2D eigenvalue weighted by Gasteiger charge is -2.24. The van der Waals surface area contributed by atoms with Crippen molar-refractivity contribution in [3.8, 4) is 0 Å². The van der Waals surface area contributed by atoms with Gasteiger partial charge in [-0.3, -0.25) is 4.79 Å². The van der Waals surface area contributed by atoms with Gasteiger partial charge < -0.3 is 9.47 Å². The van der Waals surface area contributed by atoms with Crippen molar-refractivity contribution in [2.24, 2.45) is 0 Å². The average Bonchev–Trinajstić information content (AvgIpc) is 3.51. The summed E-state index contributed by atoms with van der Waals surface area (Å²) in [7, 11) is 0. The minimum atomic E-state index is 0.0766. The zero-order valence-electron chi connectivity index (χ0n) is 21.3. The Labute approximate surface area is 214 Å². The minimum Gasteiger partial charge on any atom is -0.371 e. The molecule has 1 saturated heterocycles. The average molecular weight is 475 g/mol. The smallest absolute Gasteiger partial charge is 0.193 e. The topological polar surface area (TPSA) is 25.2 Å². The Hall–Kier alpha value is -3.85. The molecule has 0 amide bonds. The van der Waals surface area contributed by atoms with Crippen LogP contribution in [-0.4, -0.2) is 23.4 Å². The van der Waals surface area contributed by atoms with Crippen molar-refractivity contribution < 1.29 is 4.79 Å². The predicted octanol–water partition coefficient (Wildman–Crippen LogP) is 7.40. The van der Waals surface area contributed by atoms with Crippen molar-refractivity contribution >= 4 is 22.4 Å². The number of ketones is 1. The van der Waals surface area contributed by atoms with E-state index in [0.717, 1.165) is 54.7 Å². The first-order valence-electron chi connectivity index (χ1n) is 12.8. The molecule has 5 rings (SSSR count). The summed E-state index contributed by atoms with van der Waals surface area (Å²) in [6, 6.07) is 20.7. The molecule has 3 nitrogen and oxygen atoms in total. The molecule has 2 heterocycles. The molecule has 0 saturated carbocycles. The van der Waals surface area contributed by atoms with Crippen LogP contribution in [0.3, 0.4) is 0 Å². The molecule has 0 bridgehead atoms. The monoisotopic (exact) mass is 474 g/mol.